The number of rotatable bonds is 3. The highest BCUT2D eigenvalue weighted by Crippen LogP contribution is 1.84. The summed E-state index contributed by atoms with van der Waals surface area (Å²) in [6, 6.07) is 0. The zero-order valence-electron chi connectivity index (χ0n) is 7.55. The van der Waals surface area contributed by atoms with Gasteiger partial charge in [-0.3, -0.25) is 10.0 Å². The molecule has 0 aromatic carbocycles. The SMILES string of the molecule is CC.CC(C)OCC(=O)NO. The highest BCUT2D eigenvalue weighted by atomic mass is 16.5. The van der Waals surface area contributed by atoms with Gasteiger partial charge in [0.25, 0.3) is 5.91 Å². The molecule has 0 aromatic heterocycles. The maximum Gasteiger partial charge on any atom is 0.269 e. The van der Waals surface area contributed by atoms with E-state index in [0.717, 1.165) is 0 Å². The smallest absolute Gasteiger partial charge is 0.269 e. The molecule has 0 bridgehead atoms. The van der Waals surface area contributed by atoms with Crippen LogP contribution in [0.5, 0.6) is 0 Å². The molecule has 0 unspecified atom stereocenters. The van der Waals surface area contributed by atoms with Crippen LogP contribution in [0.25, 0.3) is 0 Å². The van der Waals surface area contributed by atoms with Crippen LogP contribution < -0.4 is 5.48 Å². The number of hydrogen-bond donors (Lipinski definition) is 2. The van der Waals surface area contributed by atoms with E-state index in [4.69, 9.17) is 9.94 Å². The third-order valence-corrected chi connectivity index (χ3v) is 0.672. The van der Waals surface area contributed by atoms with Gasteiger partial charge < -0.3 is 4.74 Å². The van der Waals surface area contributed by atoms with Crippen LogP contribution in [0.2, 0.25) is 0 Å². The molecular weight excluding hydrogens is 146 g/mol. The van der Waals surface area contributed by atoms with Crippen molar-refractivity contribution in [1.82, 2.24) is 5.48 Å². The first-order chi connectivity index (χ1) is 5.16. The maximum atomic E-state index is 10.2. The van der Waals surface area contributed by atoms with Crippen LogP contribution in [0.4, 0.5) is 0 Å². The van der Waals surface area contributed by atoms with Gasteiger partial charge >= 0.3 is 0 Å². The minimum absolute atomic E-state index is 0.0160. The summed E-state index contributed by atoms with van der Waals surface area (Å²) in [5, 5.41) is 7.97. The van der Waals surface area contributed by atoms with Gasteiger partial charge in [-0.25, -0.2) is 5.48 Å². The zero-order valence-corrected chi connectivity index (χ0v) is 7.55. The molecule has 0 radical (unpaired) electrons. The summed E-state index contributed by atoms with van der Waals surface area (Å²) in [5.74, 6) is -0.524. The molecule has 2 N–H and O–H groups in total. The van der Waals surface area contributed by atoms with E-state index in [9.17, 15) is 4.79 Å². The van der Waals surface area contributed by atoms with Gasteiger partial charge in [-0.15, -0.1) is 0 Å². The largest absolute Gasteiger partial charge is 0.369 e. The van der Waals surface area contributed by atoms with Crippen molar-refractivity contribution in [1.29, 1.82) is 0 Å². The van der Waals surface area contributed by atoms with E-state index in [2.05, 4.69) is 0 Å². The van der Waals surface area contributed by atoms with Gasteiger partial charge in [0.05, 0.1) is 6.10 Å². The molecule has 0 saturated carbocycles. The van der Waals surface area contributed by atoms with Crippen LogP contribution in [-0.4, -0.2) is 23.8 Å². The average molecular weight is 163 g/mol. The van der Waals surface area contributed by atoms with E-state index in [-0.39, 0.29) is 12.7 Å². The maximum absolute atomic E-state index is 10.2. The number of carbonyl (C=O) groups excluding carboxylic acids is 1. The van der Waals surface area contributed by atoms with Crippen molar-refractivity contribution < 1.29 is 14.7 Å². The lowest BCUT2D eigenvalue weighted by atomic mass is 10.5. The van der Waals surface area contributed by atoms with Gasteiger partial charge in [0.2, 0.25) is 0 Å². The molecule has 0 atom stereocenters. The summed E-state index contributed by atoms with van der Waals surface area (Å²) < 4.78 is 4.82. The van der Waals surface area contributed by atoms with Gasteiger partial charge in [0.15, 0.2) is 0 Å². The lowest BCUT2D eigenvalue weighted by Crippen LogP contribution is -2.25. The number of ether oxygens (including phenoxy) is 1. The Hall–Kier alpha value is -0.610. The molecule has 0 rings (SSSR count). The molecule has 0 saturated heterocycles. The van der Waals surface area contributed by atoms with Crippen molar-refractivity contribution in [3.05, 3.63) is 0 Å². The van der Waals surface area contributed by atoms with Gasteiger partial charge in [0, 0.05) is 0 Å². The molecule has 4 nitrogen and oxygen atoms in total. The fourth-order valence-corrected chi connectivity index (χ4v) is 0.275. The van der Waals surface area contributed by atoms with E-state index < -0.39 is 5.91 Å². The number of carbonyl (C=O) groups is 1. The quantitative estimate of drug-likeness (QED) is 0.481. The Morgan fingerprint density at radius 2 is 2.00 bits per heavy atom. The Kier molecular flexibility index (Phi) is 11.1. The molecule has 0 aliphatic heterocycles. The Labute approximate surface area is 67.5 Å². The molecule has 0 aliphatic carbocycles. The first-order valence-corrected chi connectivity index (χ1v) is 3.71. The molecule has 11 heavy (non-hydrogen) atoms. The fourth-order valence-electron chi connectivity index (χ4n) is 0.275. The number of hydroxylamine groups is 1. The molecule has 0 fully saturated rings. The third kappa shape index (κ3) is 12.6. The van der Waals surface area contributed by atoms with Gasteiger partial charge in [-0.2, -0.15) is 0 Å². The van der Waals surface area contributed by atoms with Crippen molar-refractivity contribution in [2.24, 2.45) is 0 Å². The van der Waals surface area contributed by atoms with Crippen LogP contribution in [0.3, 0.4) is 0 Å². The van der Waals surface area contributed by atoms with E-state index in [1.54, 1.807) is 0 Å². The number of nitrogens with one attached hydrogen (secondary N) is 1. The highest BCUT2D eigenvalue weighted by molar-refractivity contribution is 5.75. The first kappa shape index (κ1) is 13.0. The standard InChI is InChI=1S/C5H11NO3.C2H6/c1-4(2)9-3-5(7)6-8;1-2/h4,8H,3H2,1-2H3,(H,6,7);1-2H3. The second-order valence-electron chi connectivity index (χ2n) is 1.89. The van der Waals surface area contributed by atoms with Crippen LogP contribution in [-0.2, 0) is 9.53 Å². The van der Waals surface area contributed by atoms with E-state index in [1.807, 2.05) is 27.7 Å². The summed E-state index contributed by atoms with van der Waals surface area (Å²) in [4.78, 5) is 10.2. The number of amides is 1. The van der Waals surface area contributed by atoms with Crippen LogP contribution >= 0.6 is 0 Å². The zero-order chi connectivity index (χ0) is 9.28. The molecule has 0 heterocycles. The van der Waals surface area contributed by atoms with Gasteiger partial charge in [0.1, 0.15) is 6.61 Å². The van der Waals surface area contributed by atoms with Crippen molar-refractivity contribution in [2.75, 3.05) is 6.61 Å². The molecule has 1 amide bonds. The fraction of sp³-hybridized carbons (Fsp3) is 0.857. The lowest BCUT2D eigenvalue weighted by Gasteiger charge is -2.04. The molecule has 4 heteroatoms. The van der Waals surface area contributed by atoms with E-state index in [1.165, 1.54) is 5.48 Å². The number of hydrogen-bond acceptors (Lipinski definition) is 3. The van der Waals surface area contributed by atoms with E-state index >= 15 is 0 Å². The Morgan fingerprint density at radius 1 is 1.55 bits per heavy atom. The second-order valence-corrected chi connectivity index (χ2v) is 1.89. The molecule has 0 aliphatic rings. The lowest BCUT2D eigenvalue weighted by molar-refractivity contribution is -0.135. The summed E-state index contributed by atoms with van der Waals surface area (Å²) in [6.07, 6.45) is 0.0160. The van der Waals surface area contributed by atoms with E-state index in [0.29, 0.717) is 0 Å². The molecule has 0 spiro atoms. The van der Waals surface area contributed by atoms with Gasteiger partial charge in [-0.1, -0.05) is 13.8 Å². The minimum atomic E-state index is -0.524. The summed E-state index contributed by atoms with van der Waals surface area (Å²) in [5.41, 5.74) is 1.46. The molecular formula is C7H17NO3. The minimum Gasteiger partial charge on any atom is -0.369 e. The van der Waals surface area contributed by atoms with Crippen LogP contribution in [0.15, 0.2) is 0 Å². The van der Waals surface area contributed by atoms with Crippen molar-refractivity contribution >= 4 is 5.91 Å². The van der Waals surface area contributed by atoms with Crippen molar-refractivity contribution in [2.45, 2.75) is 33.8 Å². The normalized spacial score (nSPS) is 8.55. The highest BCUT2D eigenvalue weighted by Gasteiger charge is 1.99. The van der Waals surface area contributed by atoms with Crippen molar-refractivity contribution in [3.8, 4) is 0 Å². The molecule has 0 aromatic rings. The van der Waals surface area contributed by atoms with Crippen LogP contribution in [0.1, 0.15) is 27.7 Å². The average Bonchev–Trinajstić information content (AvgIpc) is 2.04. The monoisotopic (exact) mass is 163 g/mol. The Balaban J connectivity index is 0. The summed E-state index contributed by atoms with van der Waals surface area (Å²) >= 11 is 0. The van der Waals surface area contributed by atoms with Crippen LogP contribution in [0, 0.1) is 0 Å². The predicted octanol–water partition coefficient (Wildman–Crippen LogP) is 0.943. The summed E-state index contributed by atoms with van der Waals surface area (Å²) in [7, 11) is 0. The van der Waals surface area contributed by atoms with Gasteiger partial charge in [-0.05, 0) is 13.8 Å². The first-order valence-electron chi connectivity index (χ1n) is 3.71. The molecule has 68 valence electrons. The topological polar surface area (TPSA) is 58.6 Å². The Morgan fingerprint density at radius 3 is 2.27 bits per heavy atom. The Bertz CT molecular complexity index is 93.7. The predicted molar refractivity (Wildman–Crippen MR) is 42.4 cm³/mol. The third-order valence-electron chi connectivity index (χ3n) is 0.672. The second kappa shape index (κ2) is 9.39. The van der Waals surface area contributed by atoms with Crippen molar-refractivity contribution in [3.63, 3.8) is 0 Å². The summed E-state index contributed by atoms with van der Waals surface area (Å²) in [6.45, 7) is 7.53.